The van der Waals surface area contributed by atoms with Crippen LogP contribution in [0.3, 0.4) is 0 Å². The van der Waals surface area contributed by atoms with Gasteiger partial charge >= 0.3 is 6.18 Å². The van der Waals surface area contributed by atoms with Crippen molar-refractivity contribution in [1.29, 1.82) is 0 Å². The molecule has 0 radical (unpaired) electrons. The highest BCUT2D eigenvalue weighted by Gasteiger charge is 2.36. The lowest BCUT2D eigenvalue weighted by Gasteiger charge is -2.01. The van der Waals surface area contributed by atoms with E-state index in [1.165, 1.54) is 0 Å². The quantitative estimate of drug-likeness (QED) is 0.752. The van der Waals surface area contributed by atoms with Crippen LogP contribution in [0.2, 0.25) is 0 Å². The fourth-order valence-electron chi connectivity index (χ4n) is 0.739. The van der Waals surface area contributed by atoms with Crippen LogP contribution < -0.4 is 0 Å². The van der Waals surface area contributed by atoms with Gasteiger partial charge in [0.15, 0.2) is 0 Å². The van der Waals surface area contributed by atoms with E-state index in [-0.39, 0.29) is 10.5 Å². The Labute approximate surface area is 86.1 Å². The van der Waals surface area contributed by atoms with E-state index in [9.17, 15) is 13.2 Å². The number of halogens is 4. The molecule has 0 N–H and O–H groups in total. The molecular weight excluding hydrogens is 267 g/mol. The van der Waals surface area contributed by atoms with Gasteiger partial charge < -0.3 is 0 Å². The number of rotatable bonds is 1. The molecular formula is C7H7BrF3NS. The van der Waals surface area contributed by atoms with Crippen molar-refractivity contribution in [2.24, 2.45) is 0 Å². The summed E-state index contributed by atoms with van der Waals surface area (Å²) in [6.45, 7) is 3.62. The molecule has 0 aliphatic rings. The van der Waals surface area contributed by atoms with Crippen molar-refractivity contribution in [3.8, 4) is 0 Å². The molecule has 0 spiro atoms. The van der Waals surface area contributed by atoms with Crippen molar-refractivity contribution in [3.63, 3.8) is 0 Å². The van der Waals surface area contributed by atoms with Crippen molar-refractivity contribution in [1.82, 2.24) is 4.98 Å². The largest absolute Gasteiger partial charge is 0.428 e. The van der Waals surface area contributed by atoms with E-state index in [4.69, 9.17) is 0 Å². The van der Waals surface area contributed by atoms with E-state index in [1.54, 1.807) is 0 Å². The molecule has 0 aromatic carbocycles. The first-order valence-electron chi connectivity index (χ1n) is 3.55. The summed E-state index contributed by atoms with van der Waals surface area (Å²) in [5.41, 5.74) is 0. The molecule has 74 valence electrons. The van der Waals surface area contributed by atoms with E-state index in [0.717, 1.165) is 0 Å². The van der Waals surface area contributed by atoms with E-state index in [1.807, 2.05) is 13.8 Å². The normalized spacial score (nSPS) is 12.5. The minimum atomic E-state index is -4.30. The van der Waals surface area contributed by atoms with Crippen LogP contribution in [0.25, 0.3) is 0 Å². The van der Waals surface area contributed by atoms with Crippen LogP contribution >= 0.6 is 27.3 Å². The zero-order valence-corrected chi connectivity index (χ0v) is 9.35. The van der Waals surface area contributed by atoms with Crippen LogP contribution in [0, 0.1) is 0 Å². The number of alkyl halides is 3. The predicted molar refractivity (Wildman–Crippen MR) is 48.9 cm³/mol. The van der Waals surface area contributed by atoms with Gasteiger partial charge in [0.25, 0.3) is 0 Å². The topological polar surface area (TPSA) is 12.9 Å². The molecule has 0 saturated heterocycles. The van der Waals surface area contributed by atoms with Crippen LogP contribution in [0.15, 0.2) is 4.60 Å². The molecule has 0 atom stereocenters. The second-order valence-electron chi connectivity index (χ2n) is 2.82. The van der Waals surface area contributed by atoms with Crippen molar-refractivity contribution in [2.45, 2.75) is 25.9 Å². The Hall–Kier alpha value is -0.100. The molecule has 1 aromatic rings. The van der Waals surface area contributed by atoms with Gasteiger partial charge in [0.2, 0.25) is 0 Å². The zero-order chi connectivity index (χ0) is 10.2. The van der Waals surface area contributed by atoms with Crippen molar-refractivity contribution < 1.29 is 13.2 Å². The lowest BCUT2D eigenvalue weighted by molar-refractivity contribution is -0.135. The lowest BCUT2D eigenvalue weighted by Crippen LogP contribution is -2.02. The monoisotopic (exact) mass is 273 g/mol. The first-order chi connectivity index (χ1) is 5.82. The van der Waals surface area contributed by atoms with Crippen LogP contribution in [-0.4, -0.2) is 4.98 Å². The molecule has 0 aliphatic heterocycles. The summed E-state index contributed by atoms with van der Waals surface area (Å²) in [4.78, 5) is 3.14. The fraction of sp³-hybridized carbons (Fsp3) is 0.571. The Balaban J connectivity index is 3.11. The van der Waals surface area contributed by atoms with E-state index in [2.05, 4.69) is 20.9 Å². The zero-order valence-electron chi connectivity index (χ0n) is 6.94. The molecule has 0 aliphatic carbocycles. The molecule has 1 aromatic heterocycles. The van der Waals surface area contributed by atoms with Gasteiger partial charge in [0.05, 0.1) is 5.01 Å². The summed E-state index contributed by atoms with van der Waals surface area (Å²) in [7, 11) is 0. The van der Waals surface area contributed by atoms with E-state index < -0.39 is 11.1 Å². The smallest absolute Gasteiger partial charge is 0.233 e. The summed E-state index contributed by atoms with van der Waals surface area (Å²) < 4.78 is 36.7. The van der Waals surface area contributed by atoms with E-state index >= 15 is 0 Å². The van der Waals surface area contributed by atoms with Gasteiger partial charge in [-0.1, -0.05) is 13.8 Å². The molecule has 13 heavy (non-hydrogen) atoms. The lowest BCUT2D eigenvalue weighted by atomic mass is 10.2. The highest BCUT2D eigenvalue weighted by atomic mass is 79.9. The molecule has 0 fully saturated rings. The molecule has 0 bridgehead atoms. The summed E-state index contributed by atoms with van der Waals surface area (Å²) in [5, 5.41) is 0.499. The van der Waals surface area contributed by atoms with Gasteiger partial charge in [-0.2, -0.15) is 13.2 Å². The Morgan fingerprint density at radius 1 is 1.38 bits per heavy atom. The molecule has 0 unspecified atom stereocenters. The van der Waals surface area contributed by atoms with Crippen molar-refractivity contribution in [2.75, 3.05) is 0 Å². The third-order valence-electron chi connectivity index (χ3n) is 1.35. The summed E-state index contributed by atoms with van der Waals surface area (Å²) in [6.07, 6.45) is -4.30. The van der Waals surface area contributed by atoms with Crippen LogP contribution in [-0.2, 0) is 6.18 Å². The second-order valence-corrected chi connectivity index (χ2v) is 4.61. The molecule has 1 rings (SSSR count). The van der Waals surface area contributed by atoms with E-state index in [0.29, 0.717) is 16.3 Å². The molecule has 1 heterocycles. The summed E-state index contributed by atoms with van der Waals surface area (Å²) in [6, 6.07) is 0. The number of hydrogen-bond donors (Lipinski definition) is 0. The highest BCUT2D eigenvalue weighted by molar-refractivity contribution is 9.10. The fourth-order valence-corrected chi connectivity index (χ4v) is 2.34. The number of aromatic nitrogens is 1. The molecule has 6 heteroatoms. The molecule has 0 saturated carbocycles. The van der Waals surface area contributed by atoms with Crippen LogP contribution in [0.1, 0.15) is 29.7 Å². The van der Waals surface area contributed by atoms with Gasteiger partial charge in [-0.15, -0.1) is 11.3 Å². The van der Waals surface area contributed by atoms with Crippen molar-refractivity contribution in [3.05, 3.63) is 14.5 Å². The maximum atomic E-state index is 12.3. The molecule has 1 nitrogen and oxygen atoms in total. The SMILES string of the molecule is CC(C)c1nc(Br)c(C(F)(F)F)s1. The highest BCUT2D eigenvalue weighted by Crippen LogP contribution is 2.40. The van der Waals surface area contributed by atoms with Crippen LogP contribution in [0.4, 0.5) is 13.2 Å². The summed E-state index contributed by atoms with van der Waals surface area (Å²) >= 11 is 3.49. The first-order valence-corrected chi connectivity index (χ1v) is 5.16. The Morgan fingerprint density at radius 2 is 1.92 bits per heavy atom. The third-order valence-corrected chi connectivity index (χ3v) is 3.59. The molecule has 0 amide bonds. The van der Waals surface area contributed by atoms with Crippen molar-refractivity contribution >= 4 is 27.3 Å². The van der Waals surface area contributed by atoms with Gasteiger partial charge in [-0.05, 0) is 15.9 Å². The summed E-state index contributed by atoms with van der Waals surface area (Å²) in [5.74, 6) is 0.0254. The average Bonchev–Trinajstić information content (AvgIpc) is 2.29. The van der Waals surface area contributed by atoms with Gasteiger partial charge in [-0.25, -0.2) is 4.98 Å². The predicted octanol–water partition coefficient (Wildman–Crippen LogP) is 4.05. The van der Waals surface area contributed by atoms with Gasteiger partial charge in [-0.3, -0.25) is 0 Å². The average molecular weight is 274 g/mol. The Bertz CT molecular complexity index is 305. The number of nitrogens with zero attached hydrogens (tertiary/aromatic N) is 1. The van der Waals surface area contributed by atoms with Crippen LogP contribution in [0.5, 0.6) is 0 Å². The van der Waals surface area contributed by atoms with Gasteiger partial charge in [0.1, 0.15) is 9.48 Å². The third kappa shape index (κ3) is 2.43. The van der Waals surface area contributed by atoms with Gasteiger partial charge in [0, 0.05) is 5.92 Å². The Kier molecular flexibility index (Phi) is 3.01. The minimum Gasteiger partial charge on any atom is -0.233 e. The number of hydrogen-bond acceptors (Lipinski definition) is 2. The maximum absolute atomic E-state index is 12.3. The maximum Gasteiger partial charge on any atom is 0.428 e. The minimum absolute atomic E-state index is 0.0254. The second kappa shape index (κ2) is 3.57. The standard InChI is InChI=1S/C7H7BrF3NS/c1-3(2)6-12-5(8)4(13-6)7(9,10)11/h3H,1-2H3. The first kappa shape index (κ1) is 11.0. The Morgan fingerprint density at radius 3 is 2.15 bits per heavy atom. The number of thiazole rings is 1.